The maximum Gasteiger partial charge on any atom is 0.0313 e. The molecule has 0 bridgehead atoms. The van der Waals surface area contributed by atoms with Gasteiger partial charge < -0.3 is 5.32 Å². The van der Waals surface area contributed by atoms with Crippen molar-refractivity contribution in [2.45, 2.75) is 44.6 Å². The molecule has 2 aliphatic carbocycles. The van der Waals surface area contributed by atoms with Crippen molar-refractivity contribution in [1.82, 2.24) is 5.32 Å². The molecule has 1 nitrogen and oxygen atoms in total. The van der Waals surface area contributed by atoms with Crippen LogP contribution >= 0.6 is 0 Å². The molecule has 0 amide bonds. The Morgan fingerprint density at radius 3 is 2.78 bits per heavy atom. The van der Waals surface area contributed by atoms with Gasteiger partial charge in [-0.05, 0) is 49.6 Å². The molecule has 1 aromatic carbocycles. The van der Waals surface area contributed by atoms with Crippen LogP contribution in [0, 0.1) is 5.92 Å². The molecular weight excluding hydrogens is 218 g/mol. The van der Waals surface area contributed by atoms with E-state index in [0.29, 0.717) is 6.04 Å². The fraction of sp³-hybridized carbons (Fsp3) is 0.529. The van der Waals surface area contributed by atoms with Crippen LogP contribution in [0.5, 0.6) is 0 Å². The minimum Gasteiger partial charge on any atom is -0.310 e. The highest BCUT2D eigenvalue weighted by atomic mass is 14.9. The molecule has 18 heavy (non-hydrogen) atoms. The molecule has 1 heteroatoms. The predicted molar refractivity (Wildman–Crippen MR) is 76.7 cm³/mol. The summed E-state index contributed by atoms with van der Waals surface area (Å²) in [5.74, 6) is 1.62. The molecule has 0 saturated heterocycles. The second-order valence-corrected chi connectivity index (χ2v) is 5.62. The number of hydrogen-bond donors (Lipinski definition) is 1. The molecule has 3 atom stereocenters. The third-order valence-electron chi connectivity index (χ3n) is 4.40. The average Bonchev–Trinajstić information content (AvgIpc) is 3.02. The Balaban J connectivity index is 1.70. The van der Waals surface area contributed by atoms with Crippen molar-refractivity contribution >= 4 is 0 Å². The predicted octanol–water partition coefficient (Wildman–Crippen LogP) is 3.88. The van der Waals surface area contributed by atoms with E-state index in [4.69, 9.17) is 0 Å². The van der Waals surface area contributed by atoms with E-state index in [2.05, 4.69) is 48.6 Å². The highest BCUT2D eigenvalue weighted by Gasteiger charge is 2.44. The molecule has 0 spiro atoms. The highest BCUT2D eigenvalue weighted by Crippen LogP contribution is 2.51. The van der Waals surface area contributed by atoms with E-state index in [0.717, 1.165) is 18.4 Å². The molecule has 1 fully saturated rings. The quantitative estimate of drug-likeness (QED) is 0.771. The normalized spacial score (nSPS) is 27.9. The summed E-state index contributed by atoms with van der Waals surface area (Å²) in [5.41, 5.74) is 3.21. The highest BCUT2D eigenvalue weighted by molar-refractivity contribution is 5.30. The van der Waals surface area contributed by atoms with Gasteiger partial charge in [-0.1, -0.05) is 48.9 Å². The first-order valence-corrected chi connectivity index (χ1v) is 7.37. The molecule has 0 radical (unpaired) electrons. The van der Waals surface area contributed by atoms with Gasteiger partial charge in [0, 0.05) is 6.04 Å². The lowest BCUT2D eigenvalue weighted by molar-refractivity contribution is 0.514. The van der Waals surface area contributed by atoms with Crippen molar-refractivity contribution in [1.29, 1.82) is 0 Å². The number of likely N-dealkylation sites (N-methyl/N-ethyl adjacent to an activating group) is 1. The second-order valence-electron chi connectivity index (χ2n) is 5.62. The lowest BCUT2D eigenvalue weighted by Crippen LogP contribution is -2.32. The summed E-state index contributed by atoms with van der Waals surface area (Å²) in [7, 11) is 0. The van der Waals surface area contributed by atoms with E-state index in [1.54, 1.807) is 5.57 Å². The van der Waals surface area contributed by atoms with E-state index >= 15 is 0 Å². The molecule has 0 aliphatic heterocycles. The number of allylic oxidation sites excluding steroid dienone is 1. The average molecular weight is 241 g/mol. The monoisotopic (exact) mass is 241 g/mol. The Bertz CT molecular complexity index is 420. The van der Waals surface area contributed by atoms with Crippen molar-refractivity contribution in [2.24, 2.45) is 5.92 Å². The van der Waals surface area contributed by atoms with Gasteiger partial charge in [-0.15, -0.1) is 0 Å². The maximum absolute atomic E-state index is 3.72. The van der Waals surface area contributed by atoms with Gasteiger partial charge in [0.2, 0.25) is 0 Å². The van der Waals surface area contributed by atoms with Crippen molar-refractivity contribution in [2.75, 3.05) is 6.54 Å². The van der Waals surface area contributed by atoms with Crippen LogP contribution < -0.4 is 5.32 Å². The van der Waals surface area contributed by atoms with Gasteiger partial charge in [0.05, 0.1) is 0 Å². The molecule has 0 heterocycles. The third kappa shape index (κ3) is 2.37. The number of nitrogens with one attached hydrogen (secondary N) is 1. The summed E-state index contributed by atoms with van der Waals surface area (Å²) in [6, 6.07) is 11.7. The molecular formula is C17H23N. The Hall–Kier alpha value is -1.08. The van der Waals surface area contributed by atoms with Crippen LogP contribution in [-0.4, -0.2) is 12.6 Å². The Kier molecular flexibility index (Phi) is 3.51. The second kappa shape index (κ2) is 5.27. The summed E-state index contributed by atoms with van der Waals surface area (Å²) < 4.78 is 0. The Morgan fingerprint density at radius 1 is 1.28 bits per heavy atom. The summed E-state index contributed by atoms with van der Waals surface area (Å²) >= 11 is 0. The lowest BCUT2D eigenvalue weighted by Gasteiger charge is -2.20. The van der Waals surface area contributed by atoms with E-state index in [-0.39, 0.29) is 0 Å². The van der Waals surface area contributed by atoms with Crippen LogP contribution in [0.3, 0.4) is 0 Å². The van der Waals surface area contributed by atoms with Crippen LogP contribution in [0.4, 0.5) is 0 Å². The van der Waals surface area contributed by atoms with Crippen LogP contribution in [0.15, 0.2) is 42.0 Å². The van der Waals surface area contributed by atoms with Crippen LogP contribution in [0.1, 0.15) is 44.1 Å². The standard InChI is InChI=1S/C17H23N/c1-2-18-17(14-10-6-7-11-14)16-12-15(16)13-8-4-3-5-9-13/h3-5,8-10,15-18H,2,6-7,11-12H2,1H3. The summed E-state index contributed by atoms with van der Waals surface area (Å²) in [4.78, 5) is 0. The zero-order chi connectivity index (χ0) is 12.4. The van der Waals surface area contributed by atoms with E-state index in [1.165, 1.54) is 31.2 Å². The molecule has 1 aromatic rings. The van der Waals surface area contributed by atoms with Gasteiger partial charge in [-0.25, -0.2) is 0 Å². The van der Waals surface area contributed by atoms with Gasteiger partial charge in [-0.2, -0.15) is 0 Å². The van der Waals surface area contributed by atoms with Crippen molar-refractivity contribution in [3.8, 4) is 0 Å². The van der Waals surface area contributed by atoms with E-state index in [1.807, 2.05) is 0 Å². The van der Waals surface area contributed by atoms with Crippen molar-refractivity contribution < 1.29 is 0 Å². The SMILES string of the molecule is CCNC(C1=CCCC1)C1CC1c1ccccc1. The number of hydrogen-bond acceptors (Lipinski definition) is 1. The molecule has 3 unspecified atom stereocenters. The van der Waals surface area contributed by atoms with Gasteiger partial charge in [0.15, 0.2) is 0 Å². The first kappa shape index (κ1) is 12.0. The lowest BCUT2D eigenvalue weighted by atomic mass is 9.98. The topological polar surface area (TPSA) is 12.0 Å². The molecule has 1 saturated carbocycles. The first-order valence-electron chi connectivity index (χ1n) is 7.37. The van der Waals surface area contributed by atoms with Gasteiger partial charge in [0.25, 0.3) is 0 Å². The summed E-state index contributed by atoms with van der Waals surface area (Å²) in [6.07, 6.45) is 7.81. The minimum atomic E-state index is 0.641. The Labute approximate surface area is 110 Å². The molecule has 0 aromatic heterocycles. The molecule has 96 valence electrons. The third-order valence-corrected chi connectivity index (χ3v) is 4.40. The number of benzene rings is 1. The fourth-order valence-electron chi connectivity index (χ4n) is 3.42. The van der Waals surface area contributed by atoms with E-state index < -0.39 is 0 Å². The molecule has 3 rings (SSSR count). The molecule has 2 aliphatic rings. The van der Waals surface area contributed by atoms with Crippen molar-refractivity contribution in [3.63, 3.8) is 0 Å². The maximum atomic E-state index is 3.72. The summed E-state index contributed by atoms with van der Waals surface area (Å²) in [5, 5.41) is 3.72. The summed E-state index contributed by atoms with van der Waals surface area (Å²) in [6.45, 7) is 3.31. The minimum absolute atomic E-state index is 0.641. The zero-order valence-electron chi connectivity index (χ0n) is 11.2. The van der Waals surface area contributed by atoms with Crippen LogP contribution in [0.25, 0.3) is 0 Å². The van der Waals surface area contributed by atoms with Crippen LogP contribution in [0.2, 0.25) is 0 Å². The van der Waals surface area contributed by atoms with Crippen LogP contribution in [-0.2, 0) is 0 Å². The smallest absolute Gasteiger partial charge is 0.0313 e. The first-order chi connectivity index (χ1) is 8.90. The fourth-order valence-corrected chi connectivity index (χ4v) is 3.42. The largest absolute Gasteiger partial charge is 0.310 e. The Morgan fingerprint density at radius 2 is 2.11 bits per heavy atom. The van der Waals surface area contributed by atoms with Gasteiger partial charge in [-0.3, -0.25) is 0 Å². The number of rotatable bonds is 5. The van der Waals surface area contributed by atoms with E-state index in [9.17, 15) is 0 Å². The zero-order valence-corrected chi connectivity index (χ0v) is 11.2. The molecule has 1 N–H and O–H groups in total. The van der Waals surface area contributed by atoms with Gasteiger partial charge in [0.1, 0.15) is 0 Å². The van der Waals surface area contributed by atoms with Crippen molar-refractivity contribution in [3.05, 3.63) is 47.5 Å². The van der Waals surface area contributed by atoms with Gasteiger partial charge >= 0.3 is 0 Å².